The van der Waals surface area contributed by atoms with E-state index in [0.29, 0.717) is 12.0 Å². The fraction of sp³-hybridized carbons (Fsp3) is 0.571. The first kappa shape index (κ1) is 14.3. The Balaban J connectivity index is 2.80. The normalized spacial score (nSPS) is 12.8. The maximum absolute atomic E-state index is 6.03. The summed E-state index contributed by atoms with van der Waals surface area (Å²) >= 11 is 6.03. The van der Waals surface area contributed by atoms with Crippen LogP contribution in [0.5, 0.6) is 5.75 Å². The quantitative estimate of drug-likeness (QED) is 0.840. The molecule has 96 valence electrons. The van der Waals surface area contributed by atoms with E-state index in [4.69, 9.17) is 16.3 Å². The molecule has 0 spiro atoms. The Hall–Kier alpha value is -0.730. The highest BCUT2D eigenvalue weighted by Crippen LogP contribution is 2.24. The zero-order valence-corrected chi connectivity index (χ0v) is 11.8. The van der Waals surface area contributed by atoms with Crippen LogP contribution < -0.4 is 10.1 Å². The van der Waals surface area contributed by atoms with Gasteiger partial charge in [-0.3, -0.25) is 0 Å². The lowest BCUT2D eigenvalue weighted by atomic mass is 9.97. The molecule has 0 fully saturated rings. The standard InChI is InChI=1S/C14H22ClNO/c1-10(2)7-13(16-3)9-11-8-12(15)5-6-14(11)17-4/h5-6,8,10,13,16H,7,9H2,1-4H3. The molecule has 1 aromatic carbocycles. The van der Waals surface area contributed by atoms with Crippen LogP contribution in [0.15, 0.2) is 18.2 Å². The van der Waals surface area contributed by atoms with E-state index in [1.54, 1.807) is 7.11 Å². The van der Waals surface area contributed by atoms with E-state index in [9.17, 15) is 0 Å². The second-order valence-electron chi connectivity index (χ2n) is 4.78. The number of halogens is 1. The smallest absolute Gasteiger partial charge is 0.122 e. The Morgan fingerprint density at radius 2 is 2.06 bits per heavy atom. The minimum Gasteiger partial charge on any atom is -0.496 e. The van der Waals surface area contributed by atoms with Gasteiger partial charge in [0.25, 0.3) is 0 Å². The van der Waals surface area contributed by atoms with Gasteiger partial charge >= 0.3 is 0 Å². The van der Waals surface area contributed by atoms with Gasteiger partial charge in [0.2, 0.25) is 0 Å². The third-order valence-corrected chi connectivity index (χ3v) is 3.11. The summed E-state index contributed by atoms with van der Waals surface area (Å²) in [6.45, 7) is 4.47. The van der Waals surface area contributed by atoms with E-state index in [0.717, 1.165) is 23.6 Å². The summed E-state index contributed by atoms with van der Waals surface area (Å²) in [4.78, 5) is 0. The number of methoxy groups -OCH3 is 1. The summed E-state index contributed by atoms with van der Waals surface area (Å²) in [5.41, 5.74) is 1.17. The van der Waals surface area contributed by atoms with Crippen molar-refractivity contribution in [2.45, 2.75) is 32.7 Å². The second-order valence-corrected chi connectivity index (χ2v) is 5.21. The van der Waals surface area contributed by atoms with Crippen molar-refractivity contribution in [2.75, 3.05) is 14.2 Å². The van der Waals surface area contributed by atoms with Gasteiger partial charge in [-0.25, -0.2) is 0 Å². The molecule has 0 aliphatic carbocycles. The molecule has 0 aliphatic heterocycles. The Kier molecular flexibility index (Phi) is 5.79. The second kappa shape index (κ2) is 6.87. The Morgan fingerprint density at radius 1 is 1.35 bits per heavy atom. The number of benzene rings is 1. The molecule has 17 heavy (non-hydrogen) atoms. The monoisotopic (exact) mass is 255 g/mol. The average Bonchev–Trinajstić information content (AvgIpc) is 2.28. The fourth-order valence-electron chi connectivity index (χ4n) is 2.04. The van der Waals surface area contributed by atoms with Crippen molar-refractivity contribution in [3.8, 4) is 5.75 Å². The van der Waals surface area contributed by atoms with Crippen LogP contribution in [0.4, 0.5) is 0 Å². The van der Waals surface area contributed by atoms with Gasteiger partial charge < -0.3 is 10.1 Å². The van der Waals surface area contributed by atoms with Crippen molar-refractivity contribution >= 4 is 11.6 Å². The lowest BCUT2D eigenvalue weighted by Crippen LogP contribution is -2.29. The molecule has 0 saturated carbocycles. The first-order valence-electron chi connectivity index (χ1n) is 6.06. The molecule has 0 saturated heterocycles. The van der Waals surface area contributed by atoms with Gasteiger partial charge in [-0.1, -0.05) is 25.4 Å². The van der Waals surface area contributed by atoms with Crippen molar-refractivity contribution in [3.05, 3.63) is 28.8 Å². The summed E-state index contributed by atoms with van der Waals surface area (Å²) in [7, 11) is 3.70. The van der Waals surface area contributed by atoms with Crippen molar-refractivity contribution in [2.24, 2.45) is 5.92 Å². The first-order chi connectivity index (χ1) is 8.06. The van der Waals surface area contributed by atoms with E-state index in [-0.39, 0.29) is 0 Å². The van der Waals surface area contributed by atoms with Gasteiger partial charge in [0.1, 0.15) is 5.75 Å². The van der Waals surface area contributed by atoms with Crippen LogP contribution in [0.2, 0.25) is 5.02 Å². The van der Waals surface area contributed by atoms with Crippen molar-refractivity contribution in [3.63, 3.8) is 0 Å². The maximum atomic E-state index is 6.03. The third kappa shape index (κ3) is 4.57. The minimum absolute atomic E-state index is 0.461. The molecule has 0 radical (unpaired) electrons. The first-order valence-corrected chi connectivity index (χ1v) is 6.44. The molecule has 0 amide bonds. The SMILES string of the molecule is CNC(Cc1cc(Cl)ccc1OC)CC(C)C. The van der Waals surface area contributed by atoms with Crippen LogP contribution in [0.25, 0.3) is 0 Å². The largest absolute Gasteiger partial charge is 0.496 e. The van der Waals surface area contributed by atoms with Crippen molar-refractivity contribution in [1.29, 1.82) is 0 Å². The molecular weight excluding hydrogens is 234 g/mol. The van der Waals surface area contributed by atoms with Crippen LogP contribution in [0, 0.1) is 5.92 Å². The van der Waals surface area contributed by atoms with Gasteiger partial charge in [0.15, 0.2) is 0 Å². The summed E-state index contributed by atoms with van der Waals surface area (Å²) in [5.74, 6) is 1.59. The van der Waals surface area contributed by atoms with E-state index >= 15 is 0 Å². The molecule has 1 atom stereocenters. The highest BCUT2D eigenvalue weighted by molar-refractivity contribution is 6.30. The Morgan fingerprint density at radius 3 is 2.59 bits per heavy atom. The zero-order chi connectivity index (χ0) is 12.8. The average molecular weight is 256 g/mol. The predicted octanol–water partition coefficient (Wildman–Crippen LogP) is 3.53. The summed E-state index contributed by atoms with van der Waals surface area (Å²) in [6.07, 6.45) is 2.09. The molecule has 1 N–H and O–H groups in total. The van der Waals surface area contributed by atoms with Crippen LogP contribution >= 0.6 is 11.6 Å². The maximum Gasteiger partial charge on any atom is 0.122 e. The van der Waals surface area contributed by atoms with Gasteiger partial charge in [-0.2, -0.15) is 0 Å². The van der Waals surface area contributed by atoms with Crippen LogP contribution in [-0.4, -0.2) is 20.2 Å². The number of hydrogen-bond acceptors (Lipinski definition) is 2. The Labute approximate surface area is 109 Å². The lowest BCUT2D eigenvalue weighted by molar-refractivity contribution is 0.397. The topological polar surface area (TPSA) is 21.3 Å². The molecule has 1 aromatic rings. The van der Waals surface area contributed by atoms with Crippen LogP contribution in [-0.2, 0) is 6.42 Å². The van der Waals surface area contributed by atoms with Gasteiger partial charge in [0.05, 0.1) is 7.11 Å². The van der Waals surface area contributed by atoms with Gasteiger partial charge in [0, 0.05) is 11.1 Å². The van der Waals surface area contributed by atoms with Crippen molar-refractivity contribution in [1.82, 2.24) is 5.32 Å². The van der Waals surface area contributed by atoms with Crippen molar-refractivity contribution < 1.29 is 4.74 Å². The van der Waals surface area contributed by atoms with Gasteiger partial charge in [-0.05, 0) is 49.6 Å². The lowest BCUT2D eigenvalue weighted by Gasteiger charge is -2.19. The molecule has 3 heteroatoms. The molecule has 2 nitrogen and oxygen atoms in total. The molecule has 0 aromatic heterocycles. The third-order valence-electron chi connectivity index (χ3n) is 2.87. The molecule has 1 rings (SSSR count). The summed E-state index contributed by atoms with van der Waals surface area (Å²) in [5, 5.41) is 4.12. The van der Waals surface area contributed by atoms with Gasteiger partial charge in [-0.15, -0.1) is 0 Å². The number of hydrogen-bond donors (Lipinski definition) is 1. The minimum atomic E-state index is 0.461. The summed E-state index contributed by atoms with van der Waals surface area (Å²) < 4.78 is 5.36. The molecular formula is C14H22ClNO. The molecule has 0 bridgehead atoms. The molecule has 0 heterocycles. The predicted molar refractivity (Wildman–Crippen MR) is 74.0 cm³/mol. The number of nitrogens with one attached hydrogen (secondary N) is 1. The number of ether oxygens (including phenoxy) is 1. The number of rotatable bonds is 6. The summed E-state index contributed by atoms with van der Waals surface area (Å²) in [6, 6.07) is 6.24. The van der Waals surface area contributed by atoms with Crippen LogP contribution in [0.3, 0.4) is 0 Å². The highest BCUT2D eigenvalue weighted by atomic mass is 35.5. The zero-order valence-electron chi connectivity index (χ0n) is 11.1. The fourth-order valence-corrected chi connectivity index (χ4v) is 2.24. The molecule has 0 aliphatic rings. The Bertz CT molecular complexity index is 352. The van der Waals surface area contributed by atoms with E-state index in [1.807, 2.05) is 25.2 Å². The van der Waals surface area contributed by atoms with E-state index < -0.39 is 0 Å². The highest BCUT2D eigenvalue weighted by Gasteiger charge is 2.13. The number of likely N-dealkylation sites (N-methyl/N-ethyl adjacent to an activating group) is 1. The van der Waals surface area contributed by atoms with E-state index in [1.165, 1.54) is 5.56 Å². The van der Waals surface area contributed by atoms with E-state index in [2.05, 4.69) is 19.2 Å². The molecule has 1 unspecified atom stereocenters. The van der Waals surface area contributed by atoms with Crippen LogP contribution in [0.1, 0.15) is 25.8 Å².